The summed E-state index contributed by atoms with van der Waals surface area (Å²) in [4.78, 5) is 75.2. The van der Waals surface area contributed by atoms with Crippen LogP contribution < -0.4 is 0 Å². The van der Waals surface area contributed by atoms with E-state index in [9.17, 15) is 40.8 Å². The fourth-order valence-corrected chi connectivity index (χ4v) is 19.4. The summed E-state index contributed by atoms with van der Waals surface area (Å²) in [5.74, 6) is 6.31. The highest BCUT2D eigenvalue weighted by Gasteiger charge is 2.36. The Kier molecular flexibility index (Phi) is 40.2. The summed E-state index contributed by atoms with van der Waals surface area (Å²) >= 11 is 0. The zero-order valence-corrected chi connectivity index (χ0v) is 75.2. The number of aliphatic hydroxyl groups excluding tert-OH is 1. The first kappa shape index (κ1) is 98.2. The second-order valence-electron chi connectivity index (χ2n) is 37.6. The van der Waals surface area contributed by atoms with Gasteiger partial charge in [0, 0.05) is 118 Å². The second kappa shape index (κ2) is 46.7. The molecule has 114 heavy (non-hydrogen) atoms. The van der Waals surface area contributed by atoms with E-state index in [-0.39, 0.29) is 46.9 Å². The highest BCUT2D eigenvalue weighted by atomic mass is 32.2. The number of sulfonamides is 2. The van der Waals surface area contributed by atoms with Gasteiger partial charge in [0.2, 0.25) is 49.6 Å². The van der Waals surface area contributed by atoms with Gasteiger partial charge in [-0.25, -0.2) is 21.1 Å². The largest absolute Gasteiger partial charge is 0.387 e. The molecule has 0 spiro atoms. The van der Waals surface area contributed by atoms with Crippen LogP contribution in [0.15, 0.2) is 83.8 Å². The fraction of sp³-hybridized carbons (Fsp3) is 0.722. The van der Waals surface area contributed by atoms with Crippen molar-refractivity contribution in [2.75, 3.05) is 146 Å². The Bertz CT molecular complexity index is 3750. The van der Waals surface area contributed by atoms with Crippen molar-refractivity contribution in [3.63, 3.8) is 0 Å². The van der Waals surface area contributed by atoms with Crippen molar-refractivity contribution in [1.29, 1.82) is 10.5 Å². The summed E-state index contributed by atoms with van der Waals surface area (Å²) in [5.41, 5.74) is 4.32. The van der Waals surface area contributed by atoms with Crippen molar-refractivity contribution < 1.29 is 45.9 Å². The molecule has 24 heteroatoms. The monoisotopic (exact) mass is 1620 g/mol. The van der Waals surface area contributed by atoms with Gasteiger partial charge in [0.25, 0.3) is 0 Å². The van der Waals surface area contributed by atoms with Crippen LogP contribution in [-0.4, -0.2) is 251 Å². The molecule has 8 aliphatic rings. The van der Waals surface area contributed by atoms with Crippen molar-refractivity contribution in [2.45, 2.75) is 217 Å². The lowest BCUT2D eigenvalue weighted by atomic mass is 9.75. The van der Waals surface area contributed by atoms with Crippen molar-refractivity contribution in [3.8, 4) is 12.1 Å². The minimum absolute atomic E-state index is 0.00981. The first-order valence-corrected chi connectivity index (χ1v) is 45.6. The van der Waals surface area contributed by atoms with Gasteiger partial charge < -0.3 is 34.5 Å². The number of piperidine rings is 4. The molecule has 8 heterocycles. The fourth-order valence-electron chi connectivity index (χ4n) is 16.1. The zero-order chi connectivity index (χ0) is 84.9. The quantitative estimate of drug-likeness (QED) is 0.140. The van der Waals surface area contributed by atoms with E-state index in [0.717, 1.165) is 165 Å². The Morgan fingerprint density at radius 3 is 1.39 bits per heavy atom. The topological polar surface area (TPSA) is 254 Å². The molecule has 8 aliphatic heterocycles. The van der Waals surface area contributed by atoms with Crippen molar-refractivity contribution >= 4 is 49.6 Å². The summed E-state index contributed by atoms with van der Waals surface area (Å²) in [5, 5.41) is 26.3. The third kappa shape index (κ3) is 33.2. The number of nitriles is 2. The number of likely N-dealkylation sites (tertiary alicyclic amines) is 6. The van der Waals surface area contributed by atoms with Gasteiger partial charge >= 0.3 is 0 Å². The Hall–Kier alpha value is -6.35. The Morgan fingerprint density at radius 2 is 0.974 bits per heavy atom. The van der Waals surface area contributed by atoms with Gasteiger partial charge in [-0.1, -0.05) is 145 Å². The van der Waals surface area contributed by atoms with Crippen molar-refractivity contribution in [2.24, 2.45) is 63.6 Å². The SMILES string of the molecule is CC(C)(C)C1CCN(C(=O)CN2CCCC2=O)CC1.CC(C)(C)C1CCN(C(=O)CO)CC1.CC(C)C1CCN(C(=O)C(C)N(C)C)CC1.CN(C)CCC(=O)N1CCC(C(C)(C)C)CC1.C[C@@H]1CCN(Cc2cccc(C#N)c2)C1.C[C@@H]1CCN(S(=O)(=O)Cc2ccccc2)C1.C[C@@H]1CCN(S(=O)(=O)c2cccc(C#N)c2)C1. The van der Waals surface area contributed by atoms with Crippen LogP contribution in [0.2, 0.25) is 0 Å². The standard InChI is InChI=1S/C15H26N2O2.C14H28N2O.C13H26N2O.C13H16N2.C12H14N2O2S.C12H17NO2S.C11H21NO2/c1-15(2,3)12-6-9-16(10-7-12)14(19)11-17-8-4-5-13(17)18;1-14(2,3)12-6-10-16(11-7-12)13(17)8-9-15(4)5;1-10(2)12-6-8-15(9-7-12)13(16)11(3)14(4)5;1-11-5-6-15(9-11)10-13-4-2-3-12(7-13)8-14;1-10-5-6-14(9-10)17(15,16)12-4-2-3-11(7-12)8-13;1-11-7-8-13(9-11)16(14,15)10-12-5-3-2-4-6-12;1-11(2,3)9-4-6-12(7-5-9)10(14)8-13/h12H,4-11H2,1-3H3;12H,6-11H2,1-5H3;10-12H,6-9H2,1-5H3;2-4,7,11H,5-6,9-10H2,1H3;2-4,7,10H,5-6,9H2,1H3;2-6,11H,7-10H2,1H3;9,13H,4-8H2,1-3H3/t;;;11-;10-;11-;/m...111./s1. The van der Waals surface area contributed by atoms with Crippen LogP contribution in [0.1, 0.15) is 216 Å². The van der Waals surface area contributed by atoms with E-state index in [0.29, 0.717) is 97.0 Å². The molecule has 0 radical (unpaired) electrons. The highest BCUT2D eigenvalue weighted by Crippen LogP contribution is 2.37. The molecular weight excluding hydrogens is 1470 g/mol. The molecule has 1 unspecified atom stereocenters. The van der Waals surface area contributed by atoms with Gasteiger partial charge in [0.15, 0.2) is 0 Å². The number of rotatable bonds is 16. The molecule has 0 saturated carbocycles. The van der Waals surface area contributed by atoms with Gasteiger partial charge in [0.05, 0.1) is 46.5 Å². The summed E-state index contributed by atoms with van der Waals surface area (Å²) < 4.78 is 51.8. The number of benzene rings is 3. The molecule has 8 saturated heterocycles. The smallest absolute Gasteiger partial charge is 0.248 e. The molecule has 3 aromatic rings. The third-order valence-corrected chi connectivity index (χ3v) is 28.2. The zero-order valence-electron chi connectivity index (χ0n) is 73.5. The Morgan fingerprint density at radius 1 is 0.526 bits per heavy atom. The minimum Gasteiger partial charge on any atom is -0.387 e. The first-order chi connectivity index (χ1) is 53.4. The normalized spacial score (nSPS) is 21.0. The van der Waals surface area contributed by atoms with Crippen LogP contribution in [0, 0.1) is 86.3 Å². The maximum atomic E-state index is 12.3. The van der Waals surface area contributed by atoms with Crippen molar-refractivity contribution in [3.05, 3.63) is 101 Å². The number of carbonyl (C=O) groups excluding carboxylic acids is 5. The Labute approximate surface area is 689 Å². The molecule has 11 rings (SSSR count). The van der Waals surface area contributed by atoms with Gasteiger partial charge in [-0.15, -0.1) is 0 Å². The number of amides is 5. The molecule has 0 aromatic heterocycles. The molecule has 4 atom stereocenters. The molecule has 0 aliphatic carbocycles. The molecule has 5 amide bonds. The molecule has 8 fully saturated rings. The maximum absolute atomic E-state index is 12.3. The lowest BCUT2D eigenvalue weighted by Gasteiger charge is -2.39. The number of hydrogen-bond donors (Lipinski definition) is 1. The molecule has 0 bridgehead atoms. The average molecular weight is 1620 g/mol. The van der Waals surface area contributed by atoms with E-state index < -0.39 is 20.0 Å². The van der Waals surface area contributed by atoms with Crippen LogP contribution in [0.5, 0.6) is 0 Å². The lowest BCUT2D eigenvalue weighted by Crippen LogP contribution is -2.47. The first-order valence-electron chi connectivity index (χ1n) is 42.5. The van der Waals surface area contributed by atoms with Crippen LogP contribution in [0.25, 0.3) is 0 Å². The maximum Gasteiger partial charge on any atom is 0.248 e. The number of likely N-dealkylation sites (N-methyl/N-ethyl adjacent to an activating group) is 1. The van der Waals surface area contributed by atoms with E-state index in [1.165, 1.54) is 48.3 Å². The number of hydrogen-bond acceptors (Lipinski definition) is 15. The predicted octanol–water partition coefficient (Wildman–Crippen LogP) is 13.1. The molecule has 640 valence electrons. The minimum atomic E-state index is -3.42. The number of nitrogens with zero attached hydrogens (tertiary/aromatic N) is 12. The number of aliphatic hydroxyl groups is 1. The van der Waals surface area contributed by atoms with E-state index in [2.05, 4.69) is 112 Å². The second-order valence-corrected chi connectivity index (χ2v) is 41.5. The molecule has 22 nitrogen and oxygen atoms in total. The van der Waals surface area contributed by atoms with Crippen LogP contribution in [0.3, 0.4) is 0 Å². The predicted molar refractivity (Wildman–Crippen MR) is 458 cm³/mol. The molecule has 1 N–H and O–H groups in total. The highest BCUT2D eigenvalue weighted by molar-refractivity contribution is 7.89. The van der Waals surface area contributed by atoms with E-state index in [1.54, 1.807) is 32.3 Å². The van der Waals surface area contributed by atoms with Gasteiger partial charge in [0.1, 0.15) is 6.61 Å². The summed E-state index contributed by atoms with van der Waals surface area (Å²) in [6.45, 7) is 48.0. The summed E-state index contributed by atoms with van der Waals surface area (Å²) in [6, 6.07) is 27.6. The van der Waals surface area contributed by atoms with Gasteiger partial charge in [-0.2, -0.15) is 14.8 Å². The van der Waals surface area contributed by atoms with Crippen molar-refractivity contribution in [1.82, 2.24) is 47.8 Å². The summed E-state index contributed by atoms with van der Waals surface area (Å²) in [6.07, 6.45) is 14.3. The molecule has 3 aromatic carbocycles. The molecular formula is C90H148N12O10S2. The van der Waals surface area contributed by atoms with Crippen LogP contribution >= 0.6 is 0 Å². The van der Waals surface area contributed by atoms with Gasteiger partial charge in [-0.3, -0.25) is 33.8 Å². The van der Waals surface area contributed by atoms with Crippen LogP contribution in [0.4, 0.5) is 0 Å². The van der Waals surface area contributed by atoms with E-state index >= 15 is 0 Å². The average Bonchev–Trinajstić information content (AvgIpc) is 1.59. The third-order valence-electron chi connectivity index (χ3n) is 24.5. The van der Waals surface area contributed by atoms with Crippen LogP contribution in [-0.2, 0) is 56.3 Å². The van der Waals surface area contributed by atoms with E-state index in [4.69, 9.17) is 15.6 Å². The Balaban J connectivity index is 0.000000238. The van der Waals surface area contributed by atoms with E-state index in [1.807, 2.05) is 116 Å². The summed E-state index contributed by atoms with van der Waals surface area (Å²) in [7, 11) is 1.41. The van der Waals surface area contributed by atoms with Gasteiger partial charge in [-0.05, 0) is 224 Å². The number of carbonyl (C=O) groups is 5. The lowest BCUT2D eigenvalue weighted by molar-refractivity contribution is -0.139.